The van der Waals surface area contributed by atoms with Gasteiger partial charge >= 0.3 is 0 Å². The van der Waals surface area contributed by atoms with Gasteiger partial charge in [-0.15, -0.1) is 12.4 Å². The van der Waals surface area contributed by atoms with Gasteiger partial charge in [-0.05, 0) is 23.4 Å². The van der Waals surface area contributed by atoms with E-state index in [2.05, 4.69) is 10.2 Å². The SMILES string of the molecule is Cl.Oc1ccc([C@@H](CCF)N2CCNCC2)c2ccccc12. The highest BCUT2D eigenvalue weighted by molar-refractivity contribution is 5.91. The van der Waals surface area contributed by atoms with Crippen LogP contribution in [0.2, 0.25) is 0 Å². The Morgan fingerprint density at radius 3 is 2.45 bits per heavy atom. The third kappa shape index (κ3) is 3.35. The van der Waals surface area contributed by atoms with Gasteiger partial charge in [-0.25, -0.2) is 0 Å². The number of aromatic hydroxyl groups is 1. The number of fused-ring (bicyclic) bond motifs is 1. The molecule has 1 atom stereocenters. The predicted octanol–water partition coefficient (Wildman–Crippen LogP) is 3.27. The van der Waals surface area contributed by atoms with Crippen LogP contribution in [0.25, 0.3) is 10.8 Å². The minimum Gasteiger partial charge on any atom is -0.507 e. The summed E-state index contributed by atoms with van der Waals surface area (Å²) in [5, 5.41) is 15.2. The number of hydrogen-bond donors (Lipinski definition) is 2. The molecule has 1 heterocycles. The third-order valence-corrected chi connectivity index (χ3v) is 4.27. The van der Waals surface area contributed by atoms with E-state index in [4.69, 9.17) is 0 Å². The standard InChI is InChI=1S/C17H21FN2O.ClH/c18-8-7-16(20-11-9-19-10-12-20)14-5-6-17(21)15-4-2-1-3-13(14)15;/h1-6,16,19,21H,7-12H2;1H/t16-;/m1./s1. The molecule has 0 amide bonds. The zero-order valence-corrected chi connectivity index (χ0v) is 13.3. The van der Waals surface area contributed by atoms with Gasteiger partial charge in [-0.1, -0.05) is 30.3 Å². The van der Waals surface area contributed by atoms with E-state index in [0.29, 0.717) is 6.42 Å². The number of rotatable bonds is 4. The lowest BCUT2D eigenvalue weighted by molar-refractivity contribution is 0.158. The molecule has 0 unspecified atom stereocenters. The minimum absolute atomic E-state index is 0. The molecule has 22 heavy (non-hydrogen) atoms. The van der Waals surface area contributed by atoms with Gasteiger partial charge < -0.3 is 10.4 Å². The molecule has 0 bridgehead atoms. The number of phenolic OH excluding ortho intramolecular Hbond substituents is 1. The number of halogens is 2. The molecule has 0 aliphatic carbocycles. The molecule has 0 spiro atoms. The van der Waals surface area contributed by atoms with E-state index in [-0.39, 0.29) is 30.9 Å². The Kier molecular flexibility index (Phi) is 6.00. The summed E-state index contributed by atoms with van der Waals surface area (Å²) in [5.41, 5.74) is 1.11. The summed E-state index contributed by atoms with van der Waals surface area (Å²) in [7, 11) is 0. The van der Waals surface area contributed by atoms with Gasteiger partial charge in [-0.3, -0.25) is 9.29 Å². The number of benzene rings is 2. The number of phenols is 1. The molecule has 0 aromatic heterocycles. The Morgan fingerprint density at radius 1 is 1.09 bits per heavy atom. The predicted molar refractivity (Wildman–Crippen MR) is 90.6 cm³/mol. The fourth-order valence-corrected chi connectivity index (χ4v) is 3.23. The van der Waals surface area contributed by atoms with E-state index in [1.54, 1.807) is 6.07 Å². The maximum atomic E-state index is 13.1. The van der Waals surface area contributed by atoms with Gasteiger partial charge in [0.2, 0.25) is 0 Å². The lowest BCUT2D eigenvalue weighted by Crippen LogP contribution is -2.45. The van der Waals surface area contributed by atoms with Gasteiger partial charge in [0.05, 0.1) is 6.67 Å². The first kappa shape index (κ1) is 17.0. The van der Waals surface area contributed by atoms with E-state index >= 15 is 0 Å². The number of nitrogens with one attached hydrogen (secondary N) is 1. The number of nitrogens with zero attached hydrogens (tertiary/aromatic N) is 1. The summed E-state index contributed by atoms with van der Waals surface area (Å²) in [6, 6.07) is 11.6. The normalized spacial score (nSPS) is 17.1. The van der Waals surface area contributed by atoms with Crippen LogP contribution in [0.3, 0.4) is 0 Å². The van der Waals surface area contributed by atoms with Crippen molar-refractivity contribution in [1.29, 1.82) is 0 Å². The molecule has 3 rings (SSSR count). The highest BCUT2D eigenvalue weighted by Gasteiger charge is 2.23. The van der Waals surface area contributed by atoms with Gasteiger partial charge in [0.15, 0.2) is 0 Å². The van der Waals surface area contributed by atoms with Crippen LogP contribution in [0.1, 0.15) is 18.0 Å². The largest absolute Gasteiger partial charge is 0.507 e. The van der Waals surface area contributed by atoms with E-state index in [1.807, 2.05) is 30.3 Å². The molecule has 1 aliphatic rings. The van der Waals surface area contributed by atoms with Crippen molar-refractivity contribution in [3.63, 3.8) is 0 Å². The Bertz CT molecular complexity index is 617. The van der Waals surface area contributed by atoms with Gasteiger partial charge in [0.25, 0.3) is 0 Å². The number of piperazine rings is 1. The van der Waals surface area contributed by atoms with Crippen molar-refractivity contribution < 1.29 is 9.50 Å². The van der Waals surface area contributed by atoms with Gasteiger partial charge in [-0.2, -0.15) is 0 Å². The smallest absolute Gasteiger partial charge is 0.123 e. The van der Waals surface area contributed by atoms with E-state index in [0.717, 1.165) is 42.5 Å². The Balaban J connectivity index is 0.00000176. The average Bonchev–Trinajstić information content (AvgIpc) is 2.55. The van der Waals surface area contributed by atoms with Crippen LogP contribution in [0.4, 0.5) is 4.39 Å². The van der Waals surface area contributed by atoms with E-state index < -0.39 is 0 Å². The summed E-state index contributed by atoms with van der Waals surface area (Å²) in [5.74, 6) is 0.286. The molecule has 5 heteroatoms. The molecule has 120 valence electrons. The second kappa shape index (κ2) is 7.77. The molecule has 1 fully saturated rings. The molecule has 2 aromatic rings. The van der Waals surface area contributed by atoms with Crippen LogP contribution in [0, 0.1) is 0 Å². The summed E-state index contributed by atoms with van der Waals surface area (Å²) < 4.78 is 13.1. The first-order chi connectivity index (χ1) is 10.3. The highest BCUT2D eigenvalue weighted by atomic mass is 35.5. The third-order valence-electron chi connectivity index (χ3n) is 4.27. The van der Waals surface area contributed by atoms with Crippen molar-refractivity contribution in [3.05, 3.63) is 42.0 Å². The van der Waals surface area contributed by atoms with Crippen LogP contribution in [-0.4, -0.2) is 42.9 Å². The molecule has 0 saturated carbocycles. The van der Waals surface area contributed by atoms with Crippen LogP contribution < -0.4 is 5.32 Å². The summed E-state index contributed by atoms with van der Waals surface area (Å²) in [4.78, 5) is 2.34. The number of hydrogen-bond acceptors (Lipinski definition) is 3. The van der Waals surface area contributed by atoms with Crippen LogP contribution in [0.5, 0.6) is 5.75 Å². The Morgan fingerprint density at radius 2 is 1.77 bits per heavy atom. The average molecular weight is 325 g/mol. The molecule has 1 aliphatic heterocycles. The first-order valence-corrected chi connectivity index (χ1v) is 7.52. The second-order valence-corrected chi connectivity index (χ2v) is 5.50. The van der Waals surface area contributed by atoms with Crippen LogP contribution in [-0.2, 0) is 0 Å². The molecule has 1 saturated heterocycles. The quantitative estimate of drug-likeness (QED) is 0.906. The zero-order valence-electron chi connectivity index (χ0n) is 12.5. The van der Waals surface area contributed by atoms with E-state index in [1.165, 1.54) is 0 Å². The van der Waals surface area contributed by atoms with Gasteiger partial charge in [0, 0.05) is 37.6 Å². The fourth-order valence-electron chi connectivity index (χ4n) is 3.23. The lowest BCUT2D eigenvalue weighted by atomic mass is 9.95. The van der Waals surface area contributed by atoms with Crippen molar-refractivity contribution in [1.82, 2.24) is 10.2 Å². The van der Waals surface area contributed by atoms with Crippen molar-refractivity contribution in [3.8, 4) is 5.75 Å². The van der Waals surface area contributed by atoms with Crippen LogP contribution in [0.15, 0.2) is 36.4 Å². The molecule has 2 N–H and O–H groups in total. The van der Waals surface area contributed by atoms with E-state index in [9.17, 15) is 9.50 Å². The Labute approximate surface area is 136 Å². The topological polar surface area (TPSA) is 35.5 Å². The minimum atomic E-state index is -0.330. The maximum Gasteiger partial charge on any atom is 0.123 e. The van der Waals surface area contributed by atoms with Crippen molar-refractivity contribution in [2.75, 3.05) is 32.9 Å². The molecule has 3 nitrogen and oxygen atoms in total. The first-order valence-electron chi connectivity index (χ1n) is 7.52. The molecular formula is C17H22ClFN2O. The monoisotopic (exact) mass is 324 g/mol. The molecule has 0 radical (unpaired) electrons. The van der Waals surface area contributed by atoms with Crippen LogP contribution >= 0.6 is 12.4 Å². The summed E-state index contributed by atoms with van der Waals surface area (Å²) >= 11 is 0. The second-order valence-electron chi connectivity index (χ2n) is 5.50. The van der Waals surface area contributed by atoms with Gasteiger partial charge in [0.1, 0.15) is 5.75 Å². The molecular weight excluding hydrogens is 303 g/mol. The van der Waals surface area contributed by atoms with Crippen molar-refractivity contribution >= 4 is 23.2 Å². The summed E-state index contributed by atoms with van der Waals surface area (Å²) in [6.07, 6.45) is 0.495. The van der Waals surface area contributed by atoms with Crippen molar-refractivity contribution in [2.45, 2.75) is 12.5 Å². The highest BCUT2D eigenvalue weighted by Crippen LogP contribution is 2.34. The lowest BCUT2D eigenvalue weighted by Gasteiger charge is -2.35. The fraction of sp³-hybridized carbons (Fsp3) is 0.412. The maximum absolute atomic E-state index is 13.1. The summed E-state index contributed by atoms with van der Waals surface area (Å²) in [6.45, 7) is 3.42. The zero-order chi connectivity index (χ0) is 14.7. The number of alkyl halides is 1. The molecule has 2 aromatic carbocycles. The Hall–Kier alpha value is -1.36. The van der Waals surface area contributed by atoms with Crippen molar-refractivity contribution in [2.24, 2.45) is 0 Å².